The van der Waals surface area contributed by atoms with E-state index in [-0.39, 0.29) is 5.91 Å². The second kappa shape index (κ2) is 8.31. The molecule has 0 aliphatic carbocycles. The first kappa shape index (κ1) is 17.0. The highest BCUT2D eigenvalue weighted by atomic mass is 79.9. The van der Waals surface area contributed by atoms with E-state index < -0.39 is 0 Å². The van der Waals surface area contributed by atoms with Crippen LogP contribution in [0.3, 0.4) is 0 Å². The maximum Gasteiger partial charge on any atom is 0.234 e. The number of methoxy groups -OCH3 is 1. The van der Waals surface area contributed by atoms with E-state index in [4.69, 9.17) is 4.74 Å². The van der Waals surface area contributed by atoms with E-state index in [2.05, 4.69) is 27.3 Å². The Morgan fingerprint density at radius 3 is 2.77 bits per heavy atom. The summed E-state index contributed by atoms with van der Waals surface area (Å²) in [5.41, 5.74) is 0.975. The third-order valence-electron chi connectivity index (χ3n) is 3.14. The highest BCUT2D eigenvalue weighted by Gasteiger charge is 2.09. The minimum Gasteiger partial charge on any atom is -0.496 e. The fourth-order valence-electron chi connectivity index (χ4n) is 2.10. The van der Waals surface area contributed by atoms with Gasteiger partial charge in [0.1, 0.15) is 5.75 Å². The lowest BCUT2D eigenvalue weighted by molar-refractivity contribution is -0.122. The molecule has 0 saturated heterocycles. The van der Waals surface area contributed by atoms with Crippen molar-refractivity contribution in [2.75, 3.05) is 20.7 Å². The van der Waals surface area contributed by atoms with Gasteiger partial charge in [-0.3, -0.25) is 9.69 Å². The average molecular weight is 383 g/mol. The number of para-hydroxylation sites is 1. The Morgan fingerprint density at radius 2 is 2.09 bits per heavy atom. The SMILES string of the molecule is COc1ccccc1CNC(=O)CN(C)Cc1ccc(Br)s1. The standard InChI is InChI=1S/C16H19BrN2O2S/c1-19(10-13-7-8-15(17)22-13)11-16(20)18-9-12-5-3-4-6-14(12)21-2/h3-8H,9-11H2,1-2H3,(H,18,20). The average Bonchev–Trinajstić information content (AvgIpc) is 2.90. The van der Waals surface area contributed by atoms with Crippen molar-refractivity contribution in [3.05, 3.63) is 50.6 Å². The van der Waals surface area contributed by atoms with Gasteiger partial charge in [-0.15, -0.1) is 11.3 Å². The topological polar surface area (TPSA) is 41.6 Å². The number of rotatable bonds is 7. The van der Waals surface area contributed by atoms with Crippen LogP contribution in [0.25, 0.3) is 0 Å². The molecule has 0 aliphatic rings. The zero-order valence-corrected chi connectivity index (χ0v) is 15.0. The molecule has 0 fully saturated rings. The van der Waals surface area contributed by atoms with Crippen molar-refractivity contribution in [1.82, 2.24) is 10.2 Å². The minimum atomic E-state index is 0.00373. The number of nitrogens with one attached hydrogen (secondary N) is 1. The monoisotopic (exact) mass is 382 g/mol. The number of amides is 1. The van der Waals surface area contributed by atoms with E-state index in [9.17, 15) is 4.79 Å². The molecule has 22 heavy (non-hydrogen) atoms. The van der Waals surface area contributed by atoms with Crippen LogP contribution in [-0.2, 0) is 17.9 Å². The molecule has 1 amide bonds. The summed E-state index contributed by atoms with van der Waals surface area (Å²) in [7, 11) is 3.57. The molecular weight excluding hydrogens is 364 g/mol. The lowest BCUT2D eigenvalue weighted by Gasteiger charge is -2.15. The van der Waals surface area contributed by atoms with Gasteiger partial charge in [0.2, 0.25) is 5.91 Å². The molecule has 0 spiro atoms. The number of likely N-dealkylation sites (N-methyl/N-ethyl adjacent to an activating group) is 1. The Balaban J connectivity index is 1.80. The number of nitrogens with zero attached hydrogens (tertiary/aromatic N) is 1. The molecule has 1 aromatic heterocycles. The van der Waals surface area contributed by atoms with Gasteiger partial charge < -0.3 is 10.1 Å². The lowest BCUT2D eigenvalue weighted by Crippen LogP contribution is -2.34. The molecule has 0 atom stereocenters. The molecule has 4 nitrogen and oxygen atoms in total. The largest absolute Gasteiger partial charge is 0.496 e. The van der Waals surface area contributed by atoms with E-state index in [1.54, 1.807) is 18.4 Å². The van der Waals surface area contributed by atoms with Gasteiger partial charge in [0.15, 0.2) is 0 Å². The van der Waals surface area contributed by atoms with Gasteiger partial charge in [0.05, 0.1) is 17.4 Å². The first-order valence-electron chi connectivity index (χ1n) is 6.90. The van der Waals surface area contributed by atoms with E-state index in [1.165, 1.54) is 4.88 Å². The molecular formula is C16H19BrN2O2S. The van der Waals surface area contributed by atoms with E-state index in [0.717, 1.165) is 21.6 Å². The van der Waals surface area contributed by atoms with Crippen molar-refractivity contribution >= 4 is 33.2 Å². The lowest BCUT2D eigenvalue weighted by atomic mass is 10.2. The van der Waals surface area contributed by atoms with Crippen molar-refractivity contribution in [2.45, 2.75) is 13.1 Å². The number of hydrogen-bond donors (Lipinski definition) is 1. The van der Waals surface area contributed by atoms with Crippen molar-refractivity contribution in [3.63, 3.8) is 0 Å². The molecule has 2 aromatic rings. The van der Waals surface area contributed by atoms with Crippen LogP contribution in [0.5, 0.6) is 5.75 Å². The number of ether oxygens (including phenoxy) is 1. The van der Waals surface area contributed by atoms with E-state index >= 15 is 0 Å². The highest BCUT2D eigenvalue weighted by molar-refractivity contribution is 9.11. The number of halogens is 1. The molecule has 0 saturated carbocycles. The number of benzene rings is 1. The van der Waals surface area contributed by atoms with Crippen molar-refractivity contribution in [1.29, 1.82) is 0 Å². The minimum absolute atomic E-state index is 0.00373. The zero-order valence-electron chi connectivity index (χ0n) is 12.6. The predicted octanol–water partition coefficient (Wildman–Crippen LogP) is 3.27. The normalized spacial score (nSPS) is 10.7. The van der Waals surface area contributed by atoms with Crippen LogP contribution in [-0.4, -0.2) is 31.5 Å². The number of carbonyl (C=O) groups is 1. The second-order valence-electron chi connectivity index (χ2n) is 4.97. The molecule has 0 unspecified atom stereocenters. The third kappa shape index (κ3) is 5.12. The van der Waals surface area contributed by atoms with Crippen LogP contribution in [0.2, 0.25) is 0 Å². The summed E-state index contributed by atoms with van der Waals surface area (Å²) in [4.78, 5) is 15.2. The summed E-state index contributed by atoms with van der Waals surface area (Å²) in [5.74, 6) is 0.795. The Kier molecular flexibility index (Phi) is 6.42. The van der Waals surface area contributed by atoms with Crippen LogP contribution in [0.4, 0.5) is 0 Å². The van der Waals surface area contributed by atoms with Gasteiger partial charge in [-0.2, -0.15) is 0 Å². The Labute approximate surface area is 143 Å². The Hall–Kier alpha value is -1.37. The molecule has 0 bridgehead atoms. The molecule has 0 aliphatic heterocycles. The second-order valence-corrected chi connectivity index (χ2v) is 7.51. The van der Waals surface area contributed by atoms with Gasteiger partial charge in [-0.25, -0.2) is 0 Å². The summed E-state index contributed by atoms with van der Waals surface area (Å²) in [6.45, 7) is 1.60. The van der Waals surface area contributed by atoms with E-state index in [0.29, 0.717) is 13.1 Å². The molecule has 1 heterocycles. The van der Waals surface area contributed by atoms with Gasteiger partial charge >= 0.3 is 0 Å². The number of hydrogen-bond acceptors (Lipinski definition) is 4. The highest BCUT2D eigenvalue weighted by Crippen LogP contribution is 2.22. The smallest absolute Gasteiger partial charge is 0.234 e. The maximum atomic E-state index is 12.0. The molecule has 118 valence electrons. The van der Waals surface area contributed by atoms with Crippen LogP contribution in [0.1, 0.15) is 10.4 Å². The number of thiophene rings is 1. The molecule has 6 heteroatoms. The summed E-state index contributed by atoms with van der Waals surface area (Å²) < 4.78 is 6.38. The molecule has 1 aromatic carbocycles. The summed E-state index contributed by atoms with van der Waals surface area (Å²) in [6.07, 6.45) is 0. The fraction of sp³-hybridized carbons (Fsp3) is 0.312. The fourth-order valence-corrected chi connectivity index (χ4v) is 3.67. The zero-order chi connectivity index (χ0) is 15.9. The Morgan fingerprint density at radius 1 is 1.32 bits per heavy atom. The quantitative estimate of drug-likeness (QED) is 0.798. The Bertz CT molecular complexity index is 630. The van der Waals surface area contributed by atoms with Crippen LogP contribution >= 0.6 is 27.3 Å². The van der Waals surface area contributed by atoms with Gasteiger partial charge in [-0.1, -0.05) is 18.2 Å². The first-order chi connectivity index (χ1) is 10.6. The number of carbonyl (C=O) groups excluding carboxylic acids is 1. The molecule has 0 radical (unpaired) electrons. The maximum absolute atomic E-state index is 12.0. The van der Waals surface area contributed by atoms with Gasteiger partial charge in [0, 0.05) is 23.5 Å². The first-order valence-corrected chi connectivity index (χ1v) is 8.51. The van der Waals surface area contributed by atoms with E-state index in [1.807, 2.05) is 42.3 Å². The molecule has 2 rings (SSSR count). The van der Waals surface area contributed by atoms with Crippen molar-refractivity contribution in [2.24, 2.45) is 0 Å². The van der Waals surface area contributed by atoms with Crippen molar-refractivity contribution in [3.8, 4) is 5.75 Å². The van der Waals surface area contributed by atoms with Crippen LogP contribution < -0.4 is 10.1 Å². The van der Waals surface area contributed by atoms with Crippen molar-refractivity contribution < 1.29 is 9.53 Å². The van der Waals surface area contributed by atoms with Crippen LogP contribution in [0.15, 0.2) is 40.2 Å². The predicted molar refractivity (Wildman–Crippen MR) is 93.2 cm³/mol. The molecule has 1 N–H and O–H groups in total. The van der Waals surface area contributed by atoms with Gasteiger partial charge in [-0.05, 0) is 41.2 Å². The van der Waals surface area contributed by atoms with Gasteiger partial charge in [0.25, 0.3) is 0 Å². The summed E-state index contributed by atoms with van der Waals surface area (Å²) >= 11 is 5.13. The third-order valence-corrected chi connectivity index (χ3v) is 4.75. The summed E-state index contributed by atoms with van der Waals surface area (Å²) in [5, 5.41) is 2.93. The summed E-state index contributed by atoms with van der Waals surface area (Å²) in [6, 6.07) is 11.8. The van der Waals surface area contributed by atoms with Crippen LogP contribution in [0, 0.1) is 0 Å².